The first-order valence-electron chi connectivity index (χ1n) is 7.30. The number of alkyl halides is 3. The monoisotopic (exact) mass is 355 g/mol. The van der Waals surface area contributed by atoms with E-state index < -0.39 is 28.7 Å². The van der Waals surface area contributed by atoms with E-state index in [-0.39, 0.29) is 24.3 Å². The van der Waals surface area contributed by atoms with Gasteiger partial charge in [0.25, 0.3) is 0 Å². The van der Waals surface area contributed by atoms with Crippen LogP contribution in [-0.4, -0.2) is 29.4 Å². The van der Waals surface area contributed by atoms with Crippen LogP contribution in [0.5, 0.6) is 0 Å². The summed E-state index contributed by atoms with van der Waals surface area (Å²) < 4.78 is 45.3. The third kappa shape index (κ3) is 3.90. The van der Waals surface area contributed by atoms with Gasteiger partial charge in [-0.15, -0.1) is 0 Å². The lowest BCUT2D eigenvalue weighted by atomic mass is 9.99. The lowest BCUT2D eigenvalue weighted by molar-refractivity contribution is -0.137. The molecule has 0 amide bonds. The molecule has 0 spiro atoms. The van der Waals surface area contributed by atoms with Gasteiger partial charge in [0.2, 0.25) is 5.43 Å². The molecule has 1 heterocycles. The Morgan fingerprint density at radius 1 is 1.32 bits per heavy atom. The van der Waals surface area contributed by atoms with E-state index in [0.717, 1.165) is 12.1 Å². The smallest absolute Gasteiger partial charge is 0.416 e. The van der Waals surface area contributed by atoms with E-state index in [9.17, 15) is 27.9 Å². The van der Waals surface area contributed by atoms with E-state index in [1.165, 1.54) is 30.0 Å². The maximum absolute atomic E-state index is 12.9. The summed E-state index contributed by atoms with van der Waals surface area (Å²) in [5.74, 6) is -1.44. The third-order valence-corrected chi connectivity index (χ3v) is 3.79. The fourth-order valence-corrected chi connectivity index (χ4v) is 2.52. The van der Waals surface area contributed by atoms with Crippen LogP contribution in [0, 0.1) is 6.92 Å². The quantitative estimate of drug-likeness (QED) is 0.894. The van der Waals surface area contributed by atoms with Crippen molar-refractivity contribution in [2.75, 3.05) is 13.7 Å². The Kier molecular flexibility index (Phi) is 5.32. The summed E-state index contributed by atoms with van der Waals surface area (Å²) in [6.45, 7) is 2.07. The van der Waals surface area contributed by atoms with E-state index in [0.29, 0.717) is 5.69 Å². The second-order valence-electron chi connectivity index (χ2n) is 5.40. The van der Waals surface area contributed by atoms with Gasteiger partial charge in [0, 0.05) is 31.1 Å². The highest BCUT2D eigenvalue weighted by atomic mass is 19.4. The highest BCUT2D eigenvalue weighted by Gasteiger charge is 2.31. The van der Waals surface area contributed by atoms with Crippen LogP contribution in [0.1, 0.15) is 21.6 Å². The minimum absolute atomic E-state index is 0.0200. The summed E-state index contributed by atoms with van der Waals surface area (Å²) in [7, 11) is 1.46. The van der Waals surface area contributed by atoms with Crippen LogP contribution >= 0.6 is 0 Å². The number of carboxylic acids is 1. The molecular formula is C17H16F3NO4. The second-order valence-corrected chi connectivity index (χ2v) is 5.40. The van der Waals surface area contributed by atoms with Gasteiger partial charge in [0.05, 0.1) is 12.2 Å². The summed E-state index contributed by atoms with van der Waals surface area (Å²) in [6.07, 6.45) is -3.39. The molecule has 134 valence electrons. The SMILES string of the molecule is COCCn1cc(C(=O)O)c(=O)c(-c2cccc(C(F)(F)F)c2)c1C. The molecule has 0 aliphatic rings. The highest BCUT2D eigenvalue weighted by Crippen LogP contribution is 2.32. The summed E-state index contributed by atoms with van der Waals surface area (Å²) in [5.41, 5.74) is -1.92. The van der Waals surface area contributed by atoms with Crippen molar-refractivity contribution in [1.82, 2.24) is 4.57 Å². The molecule has 0 saturated carbocycles. The first-order valence-corrected chi connectivity index (χ1v) is 7.30. The van der Waals surface area contributed by atoms with Gasteiger partial charge >= 0.3 is 12.1 Å². The highest BCUT2D eigenvalue weighted by molar-refractivity contribution is 5.89. The van der Waals surface area contributed by atoms with E-state index >= 15 is 0 Å². The second kappa shape index (κ2) is 7.10. The first kappa shape index (κ1) is 18.7. The van der Waals surface area contributed by atoms with Crippen LogP contribution in [-0.2, 0) is 17.5 Å². The van der Waals surface area contributed by atoms with Crippen molar-refractivity contribution >= 4 is 5.97 Å². The summed E-state index contributed by atoms with van der Waals surface area (Å²) in [6, 6.07) is 4.27. The molecule has 1 N–H and O–H groups in total. The summed E-state index contributed by atoms with van der Waals surface area (Å²) in [4.78, 5) is 23.9. The topological polar surface area (TPSA) is 68.5 Å². The van der Waals surface area contributed by atoms with Gasteiger partial charge in [-0.25, -0.2) is 4.79 Å². The molecule has 2 aromatic rings. The molecule has 0 bridgehead atoms. The average molecular weight is 355 g/mol. The summed E-state index contributed by atoms with van der Waals surface area (Å²) >= 11 is 0. The molecule has 0 radical (unpaired) electrons. The number of hydrogen-bond acceptors (Lipinski definition) is 3. The molecule has 0 atom stereocenters. The minimum atomic E-state index is -4.57. The minimum Gasteiger partial charge on any atom is -0.477 e. The Balaban J connectivity index is 2.74. The first-order chi connectivity index (χ1) is 11.7. The number of nitrogens with zero attached hydrogens (tertiary/aromatic N) is 1. The molecule has 0 saturated heterocycles. The lowest BCUT2D eigenvalue weighted by Gasteiger charge is -2.16. The van der Waals surface area contributed by atoms with Gasteiger partial charge in [-0.1, -0.05) is 12.1 Å². The van der Waals surface area contributed by atoms with Crippen LogP contribution in [0.25, 0.3) is 11.1 Å². The van der Waals surface area contributed by atoms with Crippen LogP contribution < -0.4 is 5.43 Å². The van der Waals surface area contributed by atoms with Gasteiger partial charge in [0.1, 0.15) is 5.56 Å². The molecule has 8 heteroatoms. The van der Waals surface area contributed by atoms with E-state index in [4.69, 9.17) is 4.74 Å². The van der Waals surface area contributed by atoms with Gasteiger partial charge in [-0.2, -0.15) is 13.2 Å². The number of aromatic nitrogens is 1. The molecular weight excluding hydrogens is 339 g/mol. The standard InChI is InChI=1S/C17H16F3NO4/c1-10-14(11-4-3-5-12(8-11)17(18,19)20)15(22)13(16(23)24)9-21(10)6-7-25-2/h3-5,8-9H,6-7H2,1-2H3,(H,23,24). The van der Waals surface area contributed by atoms with Gasteiger partial charge in [0.15, 0.2) is 0 Å². The van der Waals surface area contributed by atoms with Crippen LogP contribution in [0.2, 0.25) is 0 Å². The Hall–Kier alpha value is -2.61. The normalized spacial score (nSPS) is 11.6. The van der Waals surface area contributed by atoms with Crippen molar-refractivity contribution in [2.24, 2.45) is 0 Å². The molecule has 5 nitrogen and oxygen atoms in total. The van der Waals surface area contributed by atoms with E-state index in [2.05, 4.69) is 0 Å². The van der Waals surface area contributed by atoms with Crippen LogP contribution in [0.3, 0.4) is 0 Å². The number of benzene rings is 1. The van der Waals surface area contributed by atoms with Crippen molar-refractivity contribution < 1.29 is 27.8 Å². The maximum Gasteiger partial charge on any atom is 0.416 e. The number of carbonyl (C=O) groups is 1. The number of methoxy groups -OCH3 is 1. The zero-order valence-corrected chi connectivity index (χ0v) is 13.6. The van der Waals surface area contributed by atoms with Crippen molar-refractivity contribution in [3.8, 4) is 11.1 Å². The maximum atomic E-state index is 12.9. The Bertz CT molecular complexity index is 856. The number of ether oxygens (including phenoxy) is 1. The van der Waals surface area contributed by atoms with Gasteiger partial charge in [-0.3, -0.25) is 4.79 Å². The molecule has 2 rings (SSSR count). The predicted octanol–water partition coefficient (Wildman–Crippen LogP) is 3.19. The molecule has 0 fully saturated rings. The Morgan fingerprint density at radius 3 is 2.56 bits per heavy atom. The van der Waals surface area contributed by atoms with Gasteiger partial charge in [-0.05, 0) is 24.6 Å². The van der Waals surface area contributed by atoms with Crippen molar-refractivity contribution in [2.45, 2.75) is 19.6 Å². The zero-order chi connectivity index (χ0) is 18.8. The van der Waals surface area contributed by atoms with Crippen molar-refractivity contribution in [3.63, 3.8) is 0 Å². The molecule has 1 aromatic heterocycles. The largest absolute Gasteiger partial charge is 0.477 e. The predicted molar refractivity (Wildman–Crippen MR) is 84.7 cm³/mol. The molecule has 1 aromatic carbocycles. The number of halogens is 3. The van der Waals surface area contributed by atoms with Crippen molar-refractivity contribution in [1.29, 1.82) is 0 Å². The van der Waals surface area contributed by atoms with E-state index in [1.54, 1.807) is 6.92 Å². The fourth-order valence-electron chi connectivity index (χ4n) is 2.52. The van der Waals surface area contributed by atoms with Crippen LogP contribution in [0.4, 0.5) is 13.2 Å². The number of aromatic carboxylic acids is 1. The Morgan fingerprint density at radius 2 is 2.00 bits per heavy atom. The Labute approximate surface area is 141 Å². The van der Waals surface area contributed by atoms with E-state index in [1.807, 2.05) is 0 Å². The molecule has 0 aliphatic carbocycles. The van der Waals surface area contributed by atoms with Crippen LogP contribution in [0.15, 0.2) is 35.3 Å². The molecule has 25 heavy (non-hydrogen) atoms. The number of rotatable bonds is 5. The molecule has 0 aliphatic heterocycles. The molecule has 0 unspecified atom stereocenters. The number of carboxylic acid groups (broad SMARTS) is 1. The zero-order valence-electron chi connectivity index (χ0n) is 13.6. The average Bonchev–Trinajstić information content (AvgIpc) is 2.53. The number of pyridine rings is 1. The third-order valence-electron chi connectivity index (χ3n) is 3.79. The van der Waals surface area contributed by atoms with Gasteiger partial charge < -0.3 is 14.4 Å². The summed E-state index contributed by atoms with van der Waals surface area (Å²) in [5, 5.41) is 9.24. The lowest BCUT2D eigenvalue weighted by Crippen LogP contribution is -2.23. The fraction of sp³-hybridized carbons (Fsp3) is 0.294. The number of hydrogen-bond donors (Lipinski definition) is 1. The van der Waals surface area contributed by atoms with Crippen molar-refractivity contribution in [3.05, 3.63) is 57.5 Å².